The van der Waals surface area contributed by atoms with Crippen LogP contribution in [0.3, 0.4) is 0 Å². The molecule has 0 aliphatic carbocycles. The number of hydrogen-bond acceptors (Lipinski definition) is 1. The minimum absolute atomic E-state index is 0.952. The van der Waals surface area contributed by atoms with Crippen molar-refractivity contribution in [2.24, 2.45) is 0 Å². The van der Waals surface area contributed by atoms with Crippen LogP contribution in [-0.2, 0) is 0 Å². The molecule has 1 heteroatoms. The SMILES string of the molecule is CCC/C=C/c1ccc2oc3c4cc5ccccc5cc4ccc3c2c1. The zero-order valence-corrected chi connectivity index (χ0v) is 14.8. The summed E-state index contributed by atoms with van der Waals surface area (Å²) in [7, 11) is 0. The molecule has 0 aliphatic heterocycles. The molecule has 0 unspecified atom stereocenters. The van der Waals surface area contributed by atoms with Crippen molar-refractivity contribution in [3.8, 4) is 0 Å². The molecule has 0 spiro atoms. The Labute approximate surface area is 152 Å². The molecule has 1 heterocycles. The van der Waals surface area contributed by atoms with Crippen LogP contribution in [0.5, 0.6) is 0 Å². The van der Waals surface area contributed by atoms with Crippen molar-refractivity contribution in [3.05, 3.63) is 78.4 Å². The van der Waals surface area contributed by atoms with Gasteiger partial charge in [-0.25, -0.2) is 0 Å². The molecule has 5 aromatic rings. The fourth-order valence-corrected chi connectivity index (χ4v) is 3.76. The van der Waals surface area contributed by atoms with Gasteiger partial charge in [-0.05, 0) is 58.5 Å². The molecule has 0 bridgehead atoms. The van der Waals surface area contributed by atoms with E-state index in [1.165, 1.54) is 44.3 Å². The van der Waals surface area contributed by atoms with Crippen LogP contribution in [0.2, 0.25) is 0 Å². The van der Waals surface area contributed by atoms with Gasteiger partial charge in [0.25, 0.3) is 0 Å². The van der Waals surface area contributed by atoms with Gasteiger partial charge in [0.15, 0.2) is 0 Å². The van der Waals surface area contributed by atoms with E-state index in [0.717, 1.165) is 17.6 Å². The summed E-state index contributed by atoms with van der Waals surface area (Å²) < 4.78 is 6.27. The predicted molar refractivity (Wildman–Crippen MR) is 113 cm³/mol. The standard InChI is InChI=1S/C25H20O/c1-2-3-4-7-17-10-13-24-23(14-17)21-12-11-20-15-18-8-5-6-9-19(18)16-22(20)25(21)26-24/h4-16H,2-3H2,1H3/b7-4+. The van der Waals surface area contributed by atoms with Gasteiger partial charge in [-0.1, -0.05) is 61.9 Å². The van der Waals surface area contributed by atoms with Crippen LogP contribution in [0.25, 0.3) is 49.6 Å². The lowest BCUT2D eigenvalue weighted by Crippen LogP contribution is -1.77. The summed E-state index contributed by atoms with van der Waals surface area (Å²) in [5, 5.41) is 7.29. The van der Waals surface area contributed by atoms with E-state index < -0.39 is 0 Å². The Balaban J connectivity index is 1.78. The number of allylic oxidation sites excluding steroid dienone is 1. The van der Waals surface area contributed by atoms with E-state index in [1.54, 1.807) is 0 Å². The van der Waals surface area contributed by atoms with Crippen molar-refractivity contribution >= 4 is 49.6 Å². The van der Waals surface area contributed by atoms with Crippen LogP contribution in [0, 0.1) is 0 Å². The highest BCUT2D eigenvalue weighted by Gasteiger charge is 2.11. The maximum atomic E-state index is 6.27. The van der Waals surface area contributed by atoms with Gasteiger partial charge in [0.2, 0.25) is 0 Å². The molecular weight excluding hydrogens is 316 g/mol. The third-order valence-electron chi connectivity index (χ3n) is 5.11. The summed E-state index contributed by atoms with van der Waals surface area (Å²) in [4.78, 5) is 0. The predicted octanol–water partition coefficient (Wildman–Crippen LogP) is 7.71. The number of hydrogen-bond donors (Lipinski definition) is 0. The van der Waals surface area contributed by atoms with Gasteiger partial charge in [0.1, 0.15) is 11.2 Å². The second-order valence-electron chi connectivity index (χ2n) is 6.91. The van der Waals surface area contributed by atoms with Crippen molar-refractivity contribution < 1.29 is 4.42 Å². The van der Waals surface area contributed by atoms with Crippen molar-refractivity contribution in [2.75, 3.05) is 0 Å². The van der Waals surface area contributed by atoms with Crippen molar-refractivity contribution in [1.82, 2.24) is 0 Å². The zero-order chi connectivity index (χ0) is 17.5. The molecule has 0 saturated heterocycles. The van der Waals surface area contributed by atoms with E-state index >= 15 is 0 Å². The Morgan fingerprint density at radius 1 is 0.769 bits per heavy atom. The Morgan fingerprint density at radius 3 is 2.46 bits per heavy atom. The first-order valence-corrected chi connectivity index (χ1v) is 9.28. The van der Waals surface area contributed by atoms with Crippen molar-refractivity contribution in [3.63, 3.8) is 0 Å². The summed E-state index contributed by atoms with van der Waals surface area (Å²) in [6.45, 7) is 2.20. The Kier molecular flexibility index (Phi) is 3.53. The average Bonchev–Trinajstić information content (AvgIpc) is 3.05. The topological polar surface area (TPSA) is 13.1 Å². The average molecular weight is 336 g/mol. The second kappa shape index (κ2) is 6.03. The lowest BCUT2D eigenvalue weighted by Gasteiger charge is -2.02. The van der Waals surface area contributed by atoms with Gasteiger partial charge in [-0.3, -0.25) is 0 Å². The first-order chi connectivity index (χ1) is 12.8. The zero-order valence-electron chi connectivity index (χ0n) is 14.8. The number of rotatable bonds is 3. The van der Waals surface area contributed by atoms with Crippen LogP contribution in [0.15, 0.2) is 77.2 Å². The first kappa shape index (κ1) is 15.2. The summed E-state index contributed by atoms with van der Waals surface area (Å²) in [6, 6.07) is 23.8. The lowest BCUT2D eigenvalue weighted by molar-refractivity contribution is 0.672. The Bertz CT molecular complexity index is 1290. The van der Waals surface area contributed by atoms with Crippen molar-refractivity contribution in [2.45, 2.75) is 19.8 Å². The van der Waals surface area contributed by atoms with E-state index in [1.807, 2.05) is 0 Å². The van der Waals surface area contributed by atoms with Gasteiger partial charge in [0, 0.05) is 16.2 Å². The highest BCUT2D eigenvalue weighted by molar-refractivity contribution is 6.17. The molecule has 0 saturated carbocycles. The van der Waals surface area contributed by atoms with E-state index in [4.69, 9.17) is 4.42 Å². The van der Waals surface area contributed by atoms with Crippen LogP contribution < -0.4 is 0 Å². The largest absolute Gasteiger partial charge is 0.455 e. The molecule has 126 valence electrons. The van der Waals surface area contributed by atoms with Gasteiger partial charge in [-0.15, -0.1) is 0 Å². The lowest BCUT2D eigenvalue weighted by atomic mass is 10.0. The molecule has 0 atom stereocenters. The summed E-state index contributed by atoms with van der Waals surface area (Å²) in [5.74, 6) is 0. The van der Waals surface area contributed by atoms with Crippen LogP contribution in [-0.4, -0.2) is 0 Å². The van der Waals surface area contributed by atoms with Crippen LogP contribution in [0.1, 0.15) is 25.3 Å². The molecule has 1 nitrogen and oxygen atoms in total. The summed E-state index contributed by atoms with van der Waals surface area (Å²) in [6.07, 6.45) is 6.73. The maximum absolute atomic E-state index is 6.27. The number of furan rings is 1. The molecule has 4 aromatic carbocycles. The minimum Gasteiger partial charge on any atom is -0.455 e. The van der Waals surface area contributed by atoms with E-state index in [9.17, 15) is 0 Å². The van der Waals surface area contributed by atoms with E-state index in [2.05, 4.69) is 85.8 Å². The fourth-order valence-electron chi connectivity index (χ4n) is 3.76. The Hall–Kier alpha value is -3.06. The van der Waals surface area contributed by atoms with Gasteiger partial charge in [0.05, 0.1) is 0 Å². The molecule has 0 aliphatic rings. The smallest absolute Gasteiger partial charge is 0.143 e. The quantitative estimate of drug-likeness (QED) is 0.308. The molecular formula is C25H20O. The second-order valence-corrected chi connectivity index (χ2v) is 6.91. The van der Waals surface area contributed by atoms with Gasteiger partial charge >= 0.3 is 0 Å². The maximum Gasteiger partial charge on any atom is 0.143 e. The fraction of sp³-hybridized carbons (Fsp3) is 0.120. The Morgan fingerprint density at radius 2 is 1.62 bits per heavy atom. The van der Waals surface area contributed by atoms with Crippen LogP contribution >= 0.6 is 0 Å². The van der Waals surface area contributed by atoms with E-state index in [-0.39, 0.29) is 0 Å². The summed E-state index contributed by atoms with van der Waals surface area (Å²) >= 11 is 0. The van der Waals surface area contributed by atoms with Gasteiger partial charge in [-0.2, -0.15) is 0 Å². The molecule has 1 aromatic heterocycles. The normalized spacial score (nSPS) is 12.2. The van der Waals surface area contributed by atoms with Gasteiger partial charge < -0.3 is 4.42 Å². The highest BCUT2D eigenvalue weighted by Crippen LogP contribution is 2.36. The molecule has 26 heavy (non-hydrogen) atoms. The highest BCUT2D eigenvalue weighted by atomic mass is 16.3. The van der Waals surface area contributed by atoms with Crippen molar-refractivity contribution in [1.29, 1.82) is 0 Å². The molecule has 0 N–H and O–H groups in total. The number of unbranched alkanes of at least 4 members (excludes halogenated alkanes) is 1. The van der Waals surface area contributed by atoms with E-state index in [0.29, 0.717) is 0 Å². The molecule has 0 amide bonds. The monoisotopic (exact) mass is 336 g/mol. The number of benzene rings is 4. The third-order valence-corrected chi connectivity index (χ3v) is 5.11. The first-order valence-electron chi connectivity index (χ1n) is 9.28. The van der Waals surface area contributed by atoms with Crippen LogP contribution in [0.4, 0.5) is 0 Å². The number of fused-ring (bicyclic) bond motifs is 6. The molecule has 0 radical (unpaired) electrons. The minimum atomic E-state index is 0.952. The molecule has 5 rings (SSSR count). The molecule has 0 fully saturated rings. The summed E-state index contributed by atoms with van der Waals surface area (Å²) in [5.41, 5.74) is 3.17. The third kappa shape index (κ3) is 2.40.